The summed E-state index contributed by atoms with van der Waals surface area (Å²) in [5, 5.41) is 0.544. The van der Waals surface area contributed by atoms with Crippen LogP contribution in [-0.2, 0) is 6.42 Å². The number of hydrogen-bond donors (Lipinski definition) is 1. The molecule has 100 valence electrons. The van der Waals surface area contributed by atoms with E-state index in [2.05, 4.69) is 15.9 Å². The highest BCUT2D eigenvalue weighted by molar-refractivity contribution is 9.10. The van der Waals surface area contributed by atoms with Gasteiger partial charge in [0, 0.05) is 15.4 Å². The van der Waals surface area contributed by atoms with Crippen molar-refractivity contribution in [3.8, 4) is 0 Å². The monoisotopic (exact) mass is 341 g/mol. The van der Waals surface area contributed by atoms with E-state index in [9.17, 15) is 4.39 Å². The molecule has 0 aromatic heterocycles. The van der Waals surface area contributed by atoms with Gasteiger partial charge in [-0.3, -0.25) is 0 Å². The topological polar surface area (TPSA) is 26.0 Å². The molecule has 1 unspecified atom stereocenters. The lowest BCUT2D eigenvalue weighted by atomic mass is 9.92. The fraction of sp³-hybridized carbons (Fsp3) is 0.200. The van der Waals surface area contributed by atoms with Gasteiger partial charge in [0.15, 0.2) is 0 Å². The van der Waals surface area contributed by atoms with Crippen LogP contribution in [0.2, 0.25) is 5.02 Å². The molecule has 0 saturated heterocycles. The van der Waals surface area contributed by atoms with Crippen molar-refractivity contribution in [1.82, 2.24) is 0 Å². The van der Waals surface area contributed by atoms with Gasteiger partial charge < -0.3 is 5.73 Å². The fourth-order valence-corrected chi connectivity index (χ4v) is 2.50. The van der Waals surface area contributed by atoms with Crippen molar-refractivity contribution >= 4 is 27.5 Å². The molecule has 19 heavy (non-hydrogen) atoms. The normalized spacial score (nSPS) is 12.4. The molecule has 2 rings (SSSR count). The van der Waals surface area contributed by atoms with Crippen LogP contribution in [0, 0.1) is 5.82 Å². The zero-order valence-electron chi connectivity index (χ0n) is 10.2. The highest BCUT2D eigenvalue weighted by Gasteiger charge is 2.13. The van der Waals surface area contributed by atoms with Gasteiger partial charge in [-0.25, -0.2) is 4.39 Å². The Morgan fingerprint density at radius 1 is 1.16 bits per heavy atom. The zero-order valence-corrected chi connectivity index (χ0v) is 12.6. The molecular weight excluding hydrogens is 329 g/mol. The van der Waals surface area contributed by atoms with E-state index in [0.717, 1.165) is 10.0 Å². The first kappa shape index (κ1) is 14.5. The maximum atomic E-state index is 13.7. The Bertz CT molecular complexity index is 557. The van der Waals surface area contributed by atoms with Crippen LogP contribution in [0.25, 0.3) is 0 Å². The van der Waals surface area contributed by atoms with E-state index in [0.29, 0.717) is 23.6 Å². The molecule has 0 amide bonds. The largest absolute Gasteiger partial charge is 0.330 e. The predicted molar refractivity (Wildman–Crippen MR) is 81.1 cm³/mol. The van der Waals surface area contributed by atoms with Crippen LogP contribution in [0.15, 0.2) is 46.9 Å². The molecule has 2 aromatic rings. The standard InChI is InChI=1S/C15H14BrClFN/c16-13-3-1-10(2-4-13)12(9-19)7-11-8-14(17)5-6-15(11)18/h1-6,8,12H,7,9,19H2. The van der Waals surface area contributed by atoms with Crippen molar-refractivity contribution in [2.75, 3.05) is 6.54 Å². The maximum absolute atomic E-state index is 13.7. The summed E-state index contributed by atoms with van der Waals surface area (Å²) in [5.41, 5.74) is 7.52. The predicted octanol–water partition coefficient (Wildman–Crippen LogP) is 4.53. The molecule has 2 N–H and O–H groups in total. The average Bonchev–Trinajstić information content (AvgIpc) is 2.41. The first-order valence-corrected chi connectivity index (χ1v) is 7.16. The molecule has 0 spiro atoms. The summed E-state index contributed by atoms with van der Waals surface area (Å²) in [6, 6.07) is 12.6. The highest BCUT2D eigenvalue weighted by atomic mass is 79.9. The second kappa shape index (κ2) is 6.51. The molecule has 0 aliphatic heterocycles. The Balaban J connectivity index is 2.23. The van der Waals surface area contributed by atoms with Crippen molar-refractivity contribution < 1.29 is 4.39 Å². The van der Waals surface area contributed by atoms with Crippen LogP contribution in [0.4, 0.5) is 4.39 Å². The van der Waals surface area contributed by atoms with E-state index in [4.69, 9.17) is 17.3 Å². The van der Waals surface area contributed by atoms with Crippen molar-refractivity contribution in [1.29, 1.82) is 0 Å². The van der Waals surface area contributed by atoms with E-state index in [-0.39, 0.29) is 11.7 Å². The van der Waals surface area contributed by atoms with Gasteiger partial charge >= 0.3 is 0 Å². The molecule has 0 aliphatic rings. The van der Waals surface area contributed by atoms with Crippen LogP contribution in [0.5, 0.6) is 0 Å². The molecule has 1 atom stereocenters. The van der Waals surface area contributed by atoms with Crippen molar-refractivity contribution in [2.45, 2.75) is 12.3 Å². The molecule has 1 nitrogen and oxygen atoms in total. The van der Waals surface area contributed by atoms with Crippen molar-refractivity contribution in [3.05, 3.63) is 68.9 Å². The van der Waals surface area contributed by atoms with E-state index >= 15 is 0 Å². The quantitative estimate of drug-likeness (QED) is 0.868. The van der Waals surface area contributed by atoms with Gasteiger partial charge in [0.2, 0.25) is 0 Å². The van der Waals surface area contributed by atoms with Crippen LogP contribution in [0.1, 0.15) is 17.0 Å². The average molecular weight is 343 g/mol. The van der Waals surface area contributed by atoms with Gasteiger partial charge in [0.25, 0.3) is 0 Å². The summed E-state index contributed by atoms with van der Waals surface area (Å²) < 4.78 is 14.8. The molecule has 4 heteroatoms. The summed E-state index contributed by atoms with van der Waals surface area (Å²) in [4.78, 5) is 0. The van der Waals surface area contributed by atoms with Crippen LogP contribution < -0.4 is 5.73 Å². The van der Waals surface area contributed by atoms with E-state index in [1.165, 1.54) is 6.07 Å². The second-order valence-electron chi connectivity index (χ2n) is 4.42. The van der Waals surface area contributed by atoms with Gasteiger partial charge in [0.1, 0.15) is 5.82 Å². The van der Waals surface area contributed by atoms with Gasteiger partial charge in [0.05, 0.1) is 0 Å². The van der Waals surface area contributed by atoms with Gasteiger partial charge in [-0.1, -0.05) is 39.7 Å². The summed E-state index contributed by atoms with van der Waals surface area (Å²) in [7, 11) is 0. The van der Waals surface area contributed by atoms with Crippen molar-refractivity contribution in [3.63, 3.8) is 0 Å². The Morgan fingerprint density at radius 2 is 1.84 bits per heavy atom. The number of rotatable bonds is 4. The number of halogens is 3. The Hall–Kier alpha value is -0.900. The van der Waals surface area contributed by atoms with E-state index in [1.807, 2.05) is 24.3 Å². The minimum absolute atomic E-state index is 0.0843. The first-order valence-electron chi connectivity index (χ1n) is 5.99. The minimum Gasteiger partial charge on any atom is -0.330 e. The van der Waals surface area contributed by atoms with Crippen molar-refractivity contribution in [2.24, 2.45) is 5.73 Å². The third-order valence-corrected chi connectivity index (χ3v) is 3.86. The third kappa shape index (κ3) is 3.78. The summed E-state index contributed by atoms with van der Waals surface area (Å²) in [5.74, 6) is -0.152. The molecule has 0 radical (unpaired) electrons. The van der Waals surface area contributed by atoms with E-state index in [1.54, 1.807) is 12.1 Å². The SMILES string of the molecule is NCC(Cc1cc(Cl)ccc1F)c1ccc(Br)cc1. The van der Waals surface area contributed by atoms with Gasteiger partial charge in [-0.2, -0.15) is 0 Å². The minimum atomic E-state index is -0.236. The van der Waals surface area contributed by atoms with E-state index < -0.39 is 0 Å². The lowest BCUT2D eigenvalue weighted by Gasteiger charge is -2.16. The first-order chi connectivity index (χ1) is 9.10. The lowest BCUT2D eigenvalue weighted by molar-refractivity contribution is 0.590. The summed E-state index contributed by atoms with van der Waals surface area (Å²) in [6.07, 6.45) is 0.546. The molecule has 0 aliphatic carbocycles. The van der Waals surface area contributed by atoms with Crippen LogP contribution in [0.3, 0.4) is 0 Å². The molecule has 2 aromatic carbocycles. The zero-order chi connectivity index (χ0) is 13.8. The molecule has 0 heterocycles. The maximum Gasteiger partial charge on any atom is 0.126 e. The summed E-state index contributed by atoms with van der Waals surface area (Å²) >= 11 is 9.30. The third-order valence-electron chi connectivity index (χ3n) is 3.10. The fourth-order valence-electron chi connectivity index (χ4n) is 2.04. The van der Waals surface area contributed by atoms with Gasteiger partial charge in [-0.15, -0.1) is 0 Å². The number of nitrogens with two attached hydrogens (primary N) is 1. The van der Waals surface area contributed by atoms with Crippen LogP contribution >= 0.6 is 27.5 Å². The molecule has 0 bridgehead atoms. The number of hydrogen-bond acceptors (Lipinski definition) is 1. The second-order valence-corrected chi connectivity index (χ2v) is 5.78. The Morgan fingerprint density at radius 3 is 2.47 bits per heavy atom. The highest BCUT2D eigenvalue weighted by Crippen LogP contribution is 2.24. The Labute approximate surface area is 125 Å². The molecule has 0 fully saturated rings. The smallest absolute Gasteiger partial charge is 0.126 e. The number of benzene rings is 2. The van der Waals surface area contributed by atoms with Crippen LogP contribution in [-0.4, -0.2) is 6.54 Å². The van der Waals surface area contributed by atoms with Gasteiger partial charge in [-0.05, 0) is 54.4 Å². The summed E-state index contributed by atoms with van der Waals surface area (Å²) in [6.45, 7) is 0.466. The Kier molecular flexibility index (Phi) is 4.97. The molecule has 0 saturated carbocycles. The molecular formula is C15H14BrClFN. The lowest BCUT2D eigenvalue weighted by Crippen LogP contribution is -2.15.